The number of nitrogens with one attached hydrogen (secondary N) is 1. The van der Waals surface area contributed by atoms with Gasteiger partial charge in [0.2, 0.25) is 0 Å². The third-order valence-corrected chi connectivity index (χ3v) is 6.16. The predicted molar refractivity (Wildman–Crippen MR) is 112 cm³/mol. The molecule has 1 aromatic carbocycles. The highest BCUT2D eigenvalue weighted by atomic mass is 79.9. The number of hydrogen-bond donors (Lipinski definition) is 1. The highest BCUT2D eigenvalue weighted by Gasteiger charge is 2.26. The first kappa shape index (κ1) is 19.0. The summed E-state index contributed by atoms with van der Waals surface area (Å²) in [6.07, 6.45) is 4.29. The Kier molecular flexibility index (Phi) is 5.41. The number of esters is 1. The third-order valence-electron chi connectivity index (χ3n) is 4.77. The van der Waals surface area contributed by atoms with E-state index in [-0.39, 0.29) is 6.61 Å². The summed E-state index contributed by atoms with van der Waals surface area (Å²) in [4.78, 5) is 33.8. The van der Waals surface area contributed by atoms with Crippen LogP contribution in [0.15, 0.2) is 34.2 Å². The standard InChI is InChI=1S/C20H18BrN3O3S/c1-11-6-7-15-13(8-11)18(12-4-2-3-5-14(12)23-15)19(26)27-10-17(25)24-20-22-9-16(21)28-20/h2-5,9,11H,6-8,10H2,1H3,(H,22,24,25). The molecule has 0 saturated carbocycles. The van der Waals surface area contributed by atoms with Crippen molar-refractivity contribution in [3.05, 3.63) is 51.1 Å². The van der Waals surface area contributed by atoms with Crippen LogP contribution in [-0.2, 0) is 22.4 Å². The zero-order valence-electron chi connectivity index (χ0n) is 15.2. The molecule has 144 valence electrons. The molecule has 0 spiro atoms. The first-order valence-corrected chi connectivity index (χ1v) is 10.6. The van der Waals surface area contributed by atoms with Crippen molar-refractivity contribution >= 4 is 55.2 Å². The Morgan fingerprint density at radius 2 is 2.18 bits per heavy atom. The molecule has 1 N–H and O–H groups in total. The fourth-order valence-corrected chi connectivity index (χ4v) is 4.59. The number of ether oxygens (including phenoxy) is 1. The van der Waals surface area contributed by atoms with Crippen LogP contribution in [0.3, 0.4) is 0 Å². The summed E-state index contributed by atoms with van der Waals surface area (Å²) in [7, 11) is 0. The Balaban J connectivity index is 1.58. The molecule has 1 amide bonds. The first-order chi connectivity index (χ1) is 13.5. The molecule has 4 rings (SSSR count). The number of carbonyl (C=O) groups is 2. The van der Waals surface area contributed by atoms with Gasteiger partial charge in [0.05, 0.1) is 21.1 Å². The maximum Gasteiger partial charge on any atom is 0.339 e. The lowest BCUT2D eigenvalue weighted by Gasteiger charge is -2.24. The molecule has 3 aromatic rings. The van der Waals surface area contributed by atoms with Gasteiger partial charge in [0.15, 0.2) is 11.7 Å². The quantitative estimate of drug-likeness (QED) is 0.585. The van der Waals surface area contributed by atoms with Crippen LogP contribution in [-0.4, -0.2) is 28.5 Å². The minimum absolute atomic E-state index is 0.364. The second kappa shape index (κ2) is 7.97. The Morgan fingerprint density at radius 3 is 2.96 bits per heavy atom. The van der Waals surface area contributed by atoms with Crippen molar-refractivity contribution in [3.8, 4) is 0 Å². The van der Waals surface area contributed by atoms with Crippen molar-refractivity contribution < 1.29 is 14.3 Å². The molecule has 0 saturated heterocycles. The monoisotopic (exact) mass is 459 g/mol. The van der Waals surface area contributed by atoms with E-state index in [2.05, 4.69) is 33.2 Å². The van der Waals surface area contributed by atoms with Gasteiger partial charge in [-0.15, -0.1) is 0 Å². The molecular formula is C20H18BrN3O3S. The van der Waals surface area contributed by atoms with Crippen molar-refractivity contribution in [2.45, 2.75) is 26.2 Å². The second-order valence-corrected chi connectivity index (χ2v) is 9.28. The molecule has 0 fully saturated rings. The van der Waals surface area contributed by atoms with Crippen LogP contribution in [0.2, 0.25) is 0 Å². The second-order valence-electron chi connectivity index (χ2n) is 6.87. The summed E-state index contributed by atoms with van der Waals surface area (Å²) >= 11 is 4.58. The van der Waals surface area contributed by atoms with Crippen molar-refractivity contribution in [1.29, 1.82) is 0 Å². The number of fused-ring (bicyclic) bond motifs is 2. The van der Waals surface area contributed by atoms with Crippen molar-refractivity contribution in [2.75, 3.05) is 11.9 Å². The SMILES string of the molecule is CC1CCc2nc3ccccc3c(C(=O)OCC(=O)Nc3ncc(Br)s3)c2C1. The molecule has 0 bridgehead atoms. The number of benzene rings is 1. The van der Waals surface area contributed by atoms with E-state index in [1.54, 1.807) is 6.20 Å². The topological polar surface area (TPSA) is 81.2 Å². The van der Waals surface area contributed by atoms with Gasteiger partial charge in [-0.25, -0.2) is 9.78 Å². The van der Waals surface area contributed by atoms with Gasteiger partial charge >= 0.3 is 5.97 Å². The number of anilines is 1. The summed E-state index contributed by atoms with van der Waals surface area (Å²) < 4.78 is 6.17. The minimum atomic E-state index is -0.487. The lowest BCUT2D eigenvalue weighted by molar-refractivity contribution is -0.119. The molecule has 8 heteroatoms. The normalized spacial score (nSPS) is 15.9. The molecule has 6 nitrogen and oxygen atoms in total. The summed E-state index contributed by atoms with van der Waals surface area (Å²) in [6, 6.07) is 7.57. The molecule has 1 aliphatic carbocycles. The number of para-hydroxylation sites is 1. The van der Waals surface area contributed by atoms with Crippen molar-refractivity contribution in [1.82, 2.24) is 9.97 Å². The Hall–Kier alpha value is -2.32. The van der Waals surface area contributed by atoms with Crippen LogP contribution < -0.4 is 5.32 Å². The summed E-state index contributed by atoms with van der Waals surface area (Å²) in [5.74, 6) is -0.427. The number of thiazole rings is 1. The van der Waals surface area contributed by atoms with E-state index in [4.69, 9.17) is 9.72 Å². The maximum atomic E-state index is 12.9. The molecule has 2 heterocycles. The molecule has 1 aliphatic rings. The molecule has 0 aliphatic heterocycles. The summed E-state index contributed by atoms with van der Waals surface area (Å²) in [5, 5.41) is 3.85. The van der Waals surface area contributed by atoms with E-state index in [1.165, 1.54) is 11.3 Å². The molecule has 1 unspecified atom stereocenters. The third kappa shape index (κ3) is 3.93. The van der Waals surface area contributed by atoms with Crippen molar-refractivity contribution in [3.63, 3.8) is 0 Å². The smallest absolute Gasteiger partial charge is 0.339 e. The van der Waals surface area contributed by atoms with Crippen LogP contribution >= 0.6 is 27.3 Å². The number of aryl methyl sites for hydroxylation is 1. The highest BCUT2D eigenvalue weighted by Crippen LogP contribution is 2.32. The first-order valence-electron chi connectivity index (χ1n) is 9.00. The van der Waals surface area contributed by atoms with E-state index in [0.29, 0.717) is 16.6 Å². The van der Waals surface area contributed by atoms with Crippen molar-refractivity contribution in [2.24, 2.45) is 5.92 Å². The van der Waals surface area contributed by atoms with Gasteiger partial charge in [-0.05, 0) is 52.7 Å². The van der Waals surface area contributed by atoms with Crippen LogP contribution in [0.1, 0.15) is 35.0 Å². The Bertz CT molecular complexity index is 1070. The fraction of sp³-hybridized carbons (Fsp3) is 0.300. The summed E-state index contributed by atoms with van der Waals surface area (Å²) in [5.41, 5.74) is 3.23. The van der Waals surface area contributed by atoms with Crippen LogP contribution in [0, 0.1) is 5.92 Å². The number of aromatic nitrogens is 2. The van der Waals surface area contributed by atoms with Gasteiger partial charge < -0.3 is 4.74 Å². The largest absolute Gasteiger partial charge is 0.452 e. The molecule has 0 radical (unpaired) electrons. The number of amides is 1. The lowest BCUT2D eigenvalue weighted by atomic mass is 9.84. The Labute approximate surface area is 174 Å². The number of halogens is 1. The zero-order valence-corrected chi connectivity index (χ0v) is 17.6. The Morgan fingerprint density at radius 1 is 1.36 bits per heavy atom. The van der Waals surface area contributed by atoms with Crippen LogP contribution in [0.25, 0.3) is 10.9 Å². The summed E-state index contributed by atoms with van der Waals surface area (Å²) in [6.45, 7) is 1.81. The molecule has 28 heavy (non-hydrogen) atoms. The zero-order chi connectivity index (χ0) is 19.7. The minimum Gasteiger partial charge on any atom is -0.452 e. The molecule has 1 atom stereocenters. The molecular weight excluding hydrogens is 442 g/mol. The number of pyridine rings is 1. The van der Waals surface area contributed by atoms with Gasteiger partial charge in [0, 0.05) is 11.1 Å². The highest BCUT2D eigenvalue weighted by molar-refractivity contribution is 9.11. The number of rotatable bonds is 4. The van der Waals surface area contributed by atoms with E-state index in [0.717, 1.165) is 45.2 Å². The maximum absolute atomic E-state index is 12.9. The molecule has 2 aromatic heterocycles. The van der Waals surface area contributed by atoms with E-state index in [1.807, 2.05) is 24.3 Å². The number of nitrogens with zero attached hydrogens (tertiary/aromatic N) is 2. The van der Waals surface area contributed by atoms with Gasteiger partial charge in [0.25, 0.3) is 5.91 Å². The van der Waals surface area contributed by atoms with E-state index in [9.17, 15) is 9.59 Å². The van der Waals surface area contributed by atoms with Gasteiger partial charge in [0.1, 0.15) is 0 Å². The average molecular weight is 460 g/mol. The predicted octanol–water partition coefficient (Wildman–Crippen LogP) is 4.37. The lowest BCUT2D eigenvalue weighted by Crippen LogP contribution is -2.23. The van der Waals surface area contributed by atoms with Crippen LogP contribution in [0.4, 0.5) is 5.13 Å². The van der Waals surface area contributed by atoms with Gasteiger partial charge in [-0.1, -0.05) is 36.5 Å². The number of hydrogen-bond acceptors (Lipinski definition) is 6. The van der Waals surface area contributed by atoms with Gasteiger partial charge in [-0.3, -0.25) is 15.1 Å². The van der Waals surface area contributed by atoms with E-state index < -0.39 is 11.9 Å². The van der Waals surface area contributed by atoms with E-state index >= 15 is 0 Å². The fourth-order valence-electron chi connectivity index (χ4n) is 3.47. The van der Waals surface area contributed by atoms with Crippen LogP contribution in [0.5, 0.6) is 0 Å². The number of carbonyl (C=O) groups excluding carboxylic acids is 2. The average Bonchev–Trinajstić information content (AvgIpc) is 3.09. The van der Waals surface area contributed by atoms with Gasteiger partial charge in [-0.2, -0.15) is 0 Å².